The molecule has 1 aliphatic rings. The van der Waals surface area contributed by atoms with E-state index < -0.39 is 71.6 Å². The van der Waals surface area contributed by atoms with E-state index in [9.17, 15) is 34.4 Å². The molecule has 0 heterocycles. The van der Waals surface area contributed by atoms with E-state index >= 15 is 0 Å². The van der Waals surface area contributed by atoms with Crippen LogP contribution in [0.4, 0.5) is 0 Å². The summed E-state index contributed by atoms with van der Waals surface area (Å²) in [5.74, 6) is 0. The van der Waals surface area contributed by atoms with E-state index in [1.54, 1.807) is 0 Å². The number of rotatable bonds is 8. The molecule has 1 aliphatic carbocycles. The third-order valence-electron chi connectivity index (χ3n) is 3.20. The first-order valence-electron chi connectivity index (χ1n) is 6.70. The largest absolute Gasteiger partial charge is 0.472 e. The van der Waals surface area contributed by atoms with Crippen molar-refractivity contribution in [1.82, 2.24) is 0 Å². The topological polar surface area (TPSA) is 244 Å². The van der Waals surface area contributed by atoms with Crippen molar-refractivity contribution in [3.8, 4) is 0 Å². The number of hydrogen-bond acceptors (Lipinski definition) is 11. The van der Waals surface area contributed by atoms with Gasteiger partial charge in [0.25, 0.3) is 0 Å². The summed E-state index contributed by atoms with van der Waals surface area (Å²) in [7, 11) is -10.2. The van der Waals surface area contributed by atoms with Gasteiger partial charge in [-0.2, -0.15) is 0 Å². The number of hydrogen-bond donors (Lipinski definition) is 9. The molecule has 1 rings (SSSR count). The van der Waals surface area contributed by atoms with Crippen LogP contribution in [0.5, 0.6) is 0 Å². The number of aliphatic hydroxyl groups excluding tert-OH is 6. The first kappa shape index (κ1) is 23.0. The summed E-state index contributed by atoms with van der Waals surface area (Å²) >= 11 is 0. The molecule has 1 saturated carbocycles. The Bertz CT molecular complexity index is 506. The first-order valence-corrected chi connectivity index (χ1v) is 9.72. The van der Waals surface area contributed by atoms with Gasteiger partial charge in [0.2, 0.25) is 0 Å². The number of phosphoric acid groups is 2. The second-order valence-electron chi connectivity index (χ2n) is 5.19. The van der Waals surface area contributed by atoms with E-state index in [2.05, 4.69) is 13.6 Å². The maximum Gasteiger partial charge on any atom is 0.472 e. The van der Waals surface area contributed by atoms with Crippen LogP contribution in [0.15, 0.2) is 0 Å². The van der Waals surface area contributed by atoms with E-state index in [1.165, 1.54) is 0 Å². The fourth-order valence-electron chi connectivity index (χ4n) is 2.01. The smallest absolute Gasteiger partial charge is 0.394 e. The Hall–Kier alpha value is -0.0200. The van der Waals surface area contributed by atoms with Gasteiger partial charge in [0.05, 0.1) is 13.2 Å². The van der Waals surface area contributed by atoms with Crippen molar-refractivity contribution < 1.29 is 68.0 Å². The van der Waals surface area contributed by atoms with Gasteiger partial charge in [-0.05, 0) is 0 Å². The van der Waals surface area contributed by atoms with Crippen LogP contribution in [-0.4, -0.2) is 101 Å². The summed E-state index contributed by atoms with van der Waals surface area (Å²) in [4.78, 5) is 26.8. The Balaban J connectivity index is 2.85. The van der Waals surface area contributed by atoms with Crippen molar-refractivity contribution in [2.45, 2.75) is 42.7 Å². The molecule has 1 fully saturated rings. The minimum absolute atomic E-state index is 0.798. The van der Waals surface area contributed by atoms with Gasteiger partial charge in [0.1, 0.15) is 42.7 Å². The van der Waals surface area contributed by atoms with E-state index in [4.69, 9.17) is 20.0 Å². The quantitative estimate of drug-likeness (QED) is 0.171. The molecule has 150 valence electrons. The average Bonchev–Trinajstić information content (AvgIpc) is 2.50. The molecule has 0 aliphatic heterocycles. The molecule has 0 spiro atoms. The standard InChI is InChI=1S/C9H20O14P2/c10-1-3(11)2-21-25(19,20)23-9-6(14)4(12)8(5(13)7(9)15)22-24(16,17)18/h3-15H,1-2H2,(H,19,20)(H2,16,17,18). The van der Waals surface area contributed by atoms with Crippen LogP contribution in [0.3, 0.4) is 0 Å². The minimum Gasteiger partial charge on any atom is -0.394 e. The van der Waals surface area contributed by atoms with Crippen LogP contribution in [0.25, 0.3) is 0 Å². The van der Waals surface area contributed by atoms with Gasteiger partial charge in [-0.25, -0.2) is 9.13 Å². The summed E-state index contributed by atoms with van der Waals surface area (Å²) < 4.78 is 35.3. The highest BCUT2D eigenvalue weighted by Crippen LogP contribution is 2.48. The van der Waals surface area contributed by atoms with Crippen molar-refractivity contribution >= 4 is 15.6 Å². The Morgan fingerprint density at radius 2 is 1.24 bits per heavy atom. The average molecular weight is 414 g/mol. The molecule has 0 amide bonds. The van der Waals surface area contributed by atoms with Gasteiger partial charge in [-0.3, -0.25) is 13.6 Å². The summed E-state index contributed by atoms with van der Waals surface area (Å²) in [6.45, 7) is -1.65. The van der Waals surface area contributed by atoms with Crippen LogP contribution in [-0.2, 0) is 22.7 Å². The van der Waals surface area contributed by atoms with Crippen LogP contribution in [0.1, 0.15) is 0 Å². The molecular weight excluding hydrogens is 394 g/mol. The highest BCUT2D eigenvalue weighted by atomic mass is 31.2. The highest BCUT2D eigenvalue weighted by Gasteiger charge is 2.54. The van der Waals surface area contributed by atoms with Crippen LogP contribution in [0.2, 0.25) is 0 Å². The maximum absolute atomic E-state index is 11.7. The zero-order valence-electron chi connectivity index (χ0n) is 12.4. The van der Waals surface area contributed by atoms with Crippen molar-refractivity contribution in [2.75, 3.05) is 13.2 Å². The predicted octanol–water partition coefficient (Wildman–Crippen LogP) is -4.22. The fourth-order valence-corrected chi connectivity index (χ4v) is 3.55. The molecule has 6 unspecified atom stereocenters. The van der Waals surface area contributed by atoms with E-state index in [1.807, 2.05) is 0 Å². The van der Waals surface area contributed by atoms with Gasteiger partial charge in [0.15, 0.2) is 0 Å². The normalized spacial score (nSPS) is 37.5. The molecular formula is C9H20O14P2. The fraction of sp³-hybridized carbons (Fsp3) is 1.00. The lowest BCUT2D eigenvalue weighted by molar-refractivity contribution is -0.216. The molecule has 14 nitrogen and oxygen atoms in total. The Morgan fingerprint density at radius 1 is 0.840 bits per heavy atom. The number of aliphatic hydroxyl groups is 6. The van der Waals surface area contributed by atoms with Crippen molar-refractivity contribution in [2.24, 2.45) is 0 Å². The molecule has 9 N–H and O–H groups in total. The first-order chi connectivity index (χ1) is 11.3. The summed E-state index contributed by atoms with van der Waals surface area (Å²) in [6, 6.07) is 0. The predicted molar refractivity (Wildman–Crippen MR) is 74.7 cm³/mol. The van der Waals surface area contributed by atoms with Gasteiger partial charge in [-0.15, -0.1) is 0 Å². The summed E-state index contributed by atoms with van der Waals surface area (Å²) in [5.41, 5.74) is 0. The molecule has 0 aromatic rings. The van der Waals surface area contributed by atoms with Crippen molar-refractivity contribution in [3.63, 3.8) is 0 Å². The Labute approximate surface area is 140 Å². The molecule has 0 radical (unpaired) electrons. The van der Waals surface area contributed by atoms with E-state index in [0.29, 0.717) is 0 Å². The number of phosphoric ester groups is 2. The highest BCUT2D eigenvalue weighted by molar-refractivity contribution is 7.47. The van der Waals surface area contributed by atoms with Gasteiger partial charge in [-0.1, -0.05) is 0 Å². The monoisotopic (exact) mass is 414 g/mol. The maximum atomic E-state index is 11.7. The van der Waals surface area contributed by atoms with Gasteiger partial charge in [0, 0.05) is 0 Å². The zero-order chi connectivity index (χ0) is 19.6. The molecule has 25 heavy (non-hydrogen) atoms. The van der Waals surface area contributed by atoms with Crippen molar-refractivity contribution in [3.05, 3.63) is 0 Å². The van der Waals surface area contributed by atoms with Gasteiger partial charge < -0.3 is 45.3 Å². The second-order valence-corrected chi connectivity index (χ2v) is 7.79. The van der Waals surface area contributed by atoms with E-state index in [-0.39, 0.29) is 0 Å². The van der Waals surface area contributed by atoms with Crippen LogP contribution >= 0.6 is 15.6 Å². The van der Waals surface area contributed by atoms with Crippen LogP contribution < -0.4 is 0 Å². The third-order valence-corrected chi connectivity index (χ3v) is 4.70. The van der Waals surface area contributed by atoms with Crippen LogP contribution in [0, 0.1) is 0 Å². The second kappa shape index (κ2) is 8.78. The Kier molecular flexibility index (Phi) is 8.08. The molecule has 0 bridgehead atoms. The molecule has 0 aromatic heterocycles. The molecule has 16 heteroatoms. The lowest BCUT2D eigenvalue weighted by Gasteiger charge is -2.43. The lowest BCUT2D eigenvalue weighted by atomic mass is 9.85. The third kappa shape index (κ3) is 6.57. The van der Waals surface area contributed by atoms with Crippen molar-refractivity contribution in [1.29, 1.82) is 0 Å². The SMILES string of the molecule is O=P(O)(O)OC1C(O)C(O)C(OP(=O)(O)OCC(O)CO)C(O)C1O. The summed E-state index contributed by atoms with van der Waals surface area (Å²) in [6.07, 6.45) is -14.6. The molecule has 0 aromatic carbocycles. The zero-order valence-corrected chi connectivity index (χ0v) is 14.2. The summed E-state index contributed by atoms with van der Waals surface area (Å²) in [5, 5.41) is 56.8. The van der Waals surface area contributed by atoms with E-state index in [0.717, 1.165) is 0 Å². The van der Waals surface area contributed by atoms with Gasteiger partial charge >= 0.3 is 15.6 Å². The molecule has 0 saturated heterocycles. The Morgan fingerprint density at radius 3 is 1.60 bits per heavy atom. The lowest BCUT2D eigenvalue weighted by Crippen LogP contribution is -2.64. The molecule has 6 atom stereocenters. The minimum atomic E-state index is -5.21.